The van der Waals surface area contributed by atoms with Crippen molar-refractivity contribution >= 4 is 23.2 Å². The molecule has 1 aromatic heterocycles. The molecule has 6 N–H and O–H groups in total. The molecule has 1 fully saturated rings. The molecule has 1 heterocycles. The Bertz CT molecular complexity index is 1360. The molecule has 182 valence electrons. The van der Waals surface area contributed by atoms with E-state index in [1.807, 2.05) is 0 Å². The van der Waals surface area contributed by atoms with Crippen LogP contribution in [0.3, 0.4) is 0 Å². The minimum absolute atomic E-state index is 0.00351. The topological polar surface area (TPSA) is 205 Å². The number of fused-ring (bicyclic) bond motifs is 3. The maximum atomic E-state index is 13.8. The second kappa shape index (κ2) is 7.45. The van der Waals surface area contributed by atoms with Gasteiger partial charge in [-0.1, -0.05) is 0 Å². The highest BCUT2D eigenvalue weighted by Gasteiger charge is 2.64. The Kier molecular flexibility index (Phi) is 4.83. The zero-order valence-corrected chi connectivity index (χ0v) is 18.7. The van der Waals surface area contributed by atoms with E-state index in [9.17, 15) is 34.8 Å². The second-order valence-electron chi connectivity index (χ2n) is 9.17. The predicted molar refractivity (Wildman–Crippen MR) is 117 cm³/mol. The van der Waals surface area contributed by atoms with Gasteiger partial charge in [0.15, 0.2) is 11.4 Å². The van der Waals surface area contributed by atoms with Crippen molar-refractivity contribution < 1.29 is 34.8 Å². The van der Waals surface area contributed by atoms with Gasteiger partial charge in [0, 0.05) is 11.5 Å². The van der Waals surface area contributed by atoms with E-state index >= 15 is 0 Å². The average molecular weight is 482 g/mol. The summed E-state index contributed by atoms with van der Waals surface area (Å²) in [4.78, 5) is 40.3. The van der Waals surface area contributed by atoms with Crippen LogP contribution in [0.5, 0.6) is 5.75 Å². The normalized spacial score (nSPS) is 28.2. The highest BCUT2D eigenvalue weighted by atomic mass is 16.3. The molecule has 0 spiro atoms. The first-order valence-electron chi connectivity index (χ1n) is 10.7. The lowest BCUT2D eigenvalue weighted by molar-refractivity contribution is -0.153. The summed E-state index contributed by atoms with van der Waals surface area (Å²) in [6.45, 7) is 0. The number of carbonyl (C=O) groups is 3. The van der Waals surface area contributed by atoms with Crippen LogP contribution in [0.2, 0.25) is 0 Å². The van der Waals surface area contributed by atoms with Crippen LogP contribution in [0.15, 0.2) is 35.4 Å². The number of hydrogen-bond donors (Lipinski definition) is 5. The number of tetrazole rings is 1. The molecule has 2 aromatic rings. The van der Waals surface area contributed by atoms with Crippen LogP contribution in [-0.2, 0) is 20.8 Å². The fourth-order valence-electron chi connectivity index (χ4n) is 5.71. The smallest absolute Gasteiger partial charge is 0.255 e. The molecule has 1 saturated carbocycles. The van der Waals surface area contributed by atoms with E-state index in [1.54, 1.807) is 20.2 Å². The van der Waals surface area contributed by atoms with Crippen LogP contribution >= 0.6 is 0 Å². The van der Waals surface area contributed by atoms with Crippen molar-refractivity contribution in [2.24, 2.45) is 17.6 Å². The number of primary amides is 1. The Labute approximate surface area is 197 Å². The van der Waals surface area contributed by atoms with Gasteiger partial charge in [0.1, 0.15) is 29.2 Å². The molecule has 13 nitrogen and oxygen atoms in total. The fourth-order valence-corrected chi connectivity index (χ4v) is 5.71. The van der Waals surface area contributed by atoms with Crippen LogP contribution in [-0.4, -0.2) is 88.7 Å². The number of benzene rings is 1. The molecule has 4 atom stereocenters. The number of nitrogens with zero attached hydrogens (tertiary/aromatic N) is 5. The molecule has 13 heteroatoms. The predicted octanol–water partition coefficient (Wildman–Crippen LogP) is -1.06. The number of carbonyl (C=O) groups excluding carboxylic acids is 3. The second-order valence-corrected chi connectivity index (χ2v) is 9.17. The standard InChI is InChI=1S/C22H22N6O7/c1-27(2)16-10-6-8-5-9-11(28-7-24-25-26-28)3-4-12(29)14(9)17(30)13(8)19(32)22(10,35)20(33)15(18(16)31)21(23)34/h3-4,7-8,10,16,29-30,33,35H,5-6H2,1-2H3,(H2,23,34)/t8-,10-,16?,22-/m0/s1. The van der Waals surface area contributed by atoms with E-state index in [4.69, 9.17) is 5.73 Å². The molecule has 35 heavy (non-hydrogen) atoms. The molecular weight excluding hydrogens is 460 g/mol. The Morgan fingerprint density at radius 1 is 1.23 bits per heavy atom. The Hall–Kier alpha value is -4.10. The summed E-state index contributed by atoms with van der Waals surface area (Å²) in [6, 6.07) is 1.72. The van der Waals surface area contributed by atoms with E-state index in [1.165, 1.54) is 22.0 Å². The number of aliphatic hydroxyl groups is 3. The van der Waals surface area contributed by atoms with Crippen molar-refractivity contribution in [3.8, 4) is 11.4 Å². The number of hydrogen-bond acceptors (Lipinski definition) is 11. The quantitative estimate of drug-likeness (QED) is 0.333. The van der Waals surface area contributed by atoms with Gasteiger partial charge in [-0.25, -0.2) is 4.68 Å². The van der Waals surface area contributed by atoms with Crippen LogP contribution in [0, 0.1) is 11.8 Å². The summed E-state index contributed by atoms with van der Waals surface area (Å²) >= 11 is 0. The number of likely N-dealkylation sites (N-methyl/N-ethyl adjacent to an activating group) is 1. The van der Waals surface area contributed by atoms with Crippen molar-refractivity contribution in [1.29, 1.82) is 0 Å². The number of aromatic nitrogens is 4. The lowest BCUT2D eigenvalue weighted by Gasteiger charge is -2.50. The first kappa shape index (κ1) is 22.7. The molecule has 1 amide bonds. The van der Waals surface area contributed by atoms with Gasteiger partial charge in [0.25, 0.3) is 5.91 Å². The summed E-state index contributed by atoms with van der Waals surface area (Å²) in [5.41, 5.74) is 2.46. The Balaban J connectivity index is 1.75. The third kappa shape index (κ3) is 2.88. The molecule has 0 aliphatic heterocycles. The van der Waals surface area contributed by atoms with Gasteiger partial charge in [0.2, 0.25) is 5.78 Å². The minimum atomic E-state index is -2.67. The minimum Gasteiger partial charge on any atom is -0.508 e. The van der Waals surface area contributed by atoms with Gasteiger partial charge in [-0.05, 0) is 61.0 Å². The van der Waals surface area contributed by atoms with Crippen molar-refractivity contribution in [2.45, 2.75) is 24.5 Å². The average Bonchev–Trinajstić information content (AvgIpc) is 3.30. The number of phenols is 1. The maximum Gasteiger partial charge on any atom is 0.255 e. The number of nitrogens with two attached hydrogens (primary N) is 1. The number of ketones is 2. The van der Waals surface area contributed by atoms with Gasteiger partial charge in [-0.15, -0.1) is 5.10 Å². The Morgan fingerprint density at radius 3 is 2.54 bits per heavy atom. The van der Waals surface area contributed by atoms with Crippen molar-refractivity contribution in [3.05, 3.63) is 46.5 Å². The zero-order chi connectivity index (χ0) is 25.4. The molecular formula is C22H22N6O7. The molecule has 5 rings (SSSR count). The lowest BCUT2D eigenvalue weighted by Crippen LogP contribution is -2.65. The van der Waals surface area contributed by atoms with Gasteiger partial charge in [-0.2, -0.15) is 0 Å². The summed E-state index contributed by atoms with van der Waals surface area (Å²) in [5.74, 6) is -6.99. The van der Waals surface area contributed by atoms with Gasteiger partial charge in [0.05, 0.1) is 17.3 Å². The third-order valence-corrected chi connectivity index (χ3v) is 7.18. The van der Waals surface area contributed by atoms with E-state index in [0.717, 1.165) is 0 Å². The first-order valence-corrected chi connectivity index (χ1v) is 10.7. The number of phenolic OH excluding ortho intramolecular Hbond substituents is 1. The van der Waals surface area contributed by atoms with E-state index in [2.05, 4.69) is 15.5 Å². The molecule has 3 aliphatic carbocycles. The molecule has 0 radical (unpaired) electrons. The number of aliphatic hydroxyl groups excluding tert-OH is 2. The molecule has 1 unspecified atom stereocenters. The third-order valence-electron chi connectivity index (χ3n) is 7.18. The number of rotatable bonds is 3. The van der Waals surface area contributed by atoms with Crippen molar-refractivity contribution in [2.75, 3.05) is 14.1 Å². The van der Waals surface area contributed by atoms with Crippen molar-refractivity contribution in [3.63, 3.8) is 0 Å². The van der Waals surface area contributed by atoms with Gasteiger partial charge in [-0.3, -0.25) is 19.3 Å². The summed E-state index contributed by atoms with van der Waals surface area (Å²) in [5, 5.41) is 55.2. The van der Waals surface area contributed by atoms with E-state index in [0.29, 0.717) is 11.3 Å². The van der Waals surface area contributed by atoms with Gasteiger partial charge < -0.3 is 26.2 Å². The van der Waals surface area contributed by atoms with Gasteiger partial charge >= 0.3 is 0 Å². The summed E-state index contributed by atoms with van der Waals surface area (Å²) in [7, 11) is 3.09. The van der Waals surface area contributed by atoms with Crippen LogP contribution < -0.4 is 5.73 Å². The molecule has 1 aromatic carbocycles. The lowest BCUT2D eigenvalue weighted by atomic mass is 9.57. The molecule has 3 aliphatic rings. The SMILES string of the molecule is CN(C)C1C(=O)C(C(N)=O)=C(O)[C@@]2(O)C(=O)C3=C(O)c4c(O)ccc(-n5cnnn5)c4C[C@H]3C[C@@H]12. The number of Topliss-reactive ketones (excluding diaryl/α,β-unsaturated/α-hetero) is 2. The number of aromatic hydroxyl groups is 1. The van der Waals surface area contributed by atoms with E-state index < -0.39 is 58.0 Å². The highest BCUT2D eigenvalue weighted by molar-refractivity contribution is 6.24. The zero-order valence-electron chi connectivity index (χ0n) is 18.7. The van der Waals surface area contributed by atoms with Crippen LogP contribution in [0.4, 0.5) is 0 Å². The molecule has 0 saturated heterocycles. The first-order chi connectivity index (χ1) is 16.5. The van der Waals surface area contributed by atoms with Crippen LogP contribution in [0.1, 0.15) is 17.5 Å². The monoisotopic (exact) mass is 482 g/mol. The Morgan fingerprint density at radius 2 is 1.94 bits per heavy atom. The number of amides is 1. The van der Waals surface area contributed by atoms with E-state index in [-0.39, 0.29) is 29.7 Å². The van der Waals surface area contributed by atoms with Crippen molar-refractivity contribution in [1.82, 2.24) is 25.1 Å². The van der Waals surface area contributed by atoms with Crippen LogP contribution in [0.25, 0.3) is 11.4 Å². The molecule has 0 bridgehead atoms. The summed E-state index contributed by atoms with van der Waals surface area (Å²) < 4.78 is 1.35. The maximum absolute atomic E-state index is 13.8. The largest absolute Gasteiger partial charge is 0.508 e. The summed E-state index contributed by atoms with van der Waals surface area (Å²) in [6.07, 6.45) is 1.47. The fraction of sp³-hybridized carbons (Fsp3) is 0.364. The highest BCUT2D eigenvalue weighted by Crippen LogP contribution is 2.53.